The second-order valence-corrected chi connectivity index (χ2v) is 9.09. The van der Waals surface area contributed by atoms with E-state index in [0.29, 0.717) is 31.2 Å². The number of rotatable bonds is 4. The Kier molecular flexibility index (Phi) is 4.82. The number of hydrogen-bond acceptors (Lipinski definition) is 5. The zero-order valence-electron chi connectivity index (χ0n) is 18.1. The van der Waals surface area contributed by atoms with Crippen LogP contribution < -0.4 is 20.1 Å². The van der Waals surface area contributed by atoms with Gasteiger partial charge in [0, 0.05) is 23.9 Å². The molecule has 1 aliphatic carbocycles. The van der Waals surface area contributed by atoms with E-state index in [1.807, 2.05) is 6.07 Å². The zero-order valence-corrected chi connectivity index (χ0v) is 18.1. The van der Waals surface area contributed by atoms with E-state index in [9.17, 15) is 4.79 Å². The molecule has 2 N–H and O–H groups in total. The summed E-state index contributed by atoms with van der Waals surface area (Å²) >= 11 is 0. The highest BCUT2D eigenvalue weighted by atomic mass is 16.5. The van der Waals surface area contributed by atoms with E-state index >= 15 is 0 Å². The Morgan fingerprint density at radius 1 is 1.23 bits per heavy atom. The molecule has 1 aromatic rings. The molecule has 0 aromatic heterocycles. The van der Waals surface area contributed by atoms with Crippen molar-refractivity contribution < 1.29 is 19.0 Å². The molecule has 6 nitrogen and oxygen atoms in total. The van der Waals surface area contributed by atoms with Crippen LogP contribution in [0.4, 0.5) is 5.69 Å². The number of ether oxygens (including phenoxy) is 3. The lowest BCUT2D eigenvalue weighted by atomic mass is 9.55. The number of piperidine rings is 1. The van der Waals surface area contributed by atoms with Gasteiger partial charge in [0.1, 0.15) is 0 Å². The van der Waals surface area contributed by atoms with E-state index in [4.69, 9.17) is 19.9 Å². The van der Waals surface area contributed by atoms with Crippen LogP contribution in [0.5, 0.6) is 11.5 Å². The summed E-state index contributed by atoms with van der Waals surface area (Å²) in [5.74, 6) is 2.14. The molecule has 1 aromatic carbocycles. The van der Waals surface area contributed by atoms with E-state index in [2.05, 4.69) is 24.0 Å². The number of amides is 1. The molecule has 0 bridgehead atoms. The molecule has 6 heteroatoms. The molecule has 2 fully saturated rings. The minimum absolute atomic E-state index is 0.0330. The molecule has 1 saturated heterocycles. The van der Waals surface area contributed by atoms with Gasteiger partial charge in [-0.15, -0.1) is 0 Å². The van der Waals surface area contributed by atoms with Crippen molar-refractivity contribution in [1.82, 2.24) is 0 Å². The lowest BCUT2D eigenvalue weighted by Crippen LogP contribution is -2.63. The number of methoxy groups -OCH3 is 2. The number of nitrogens with zero attached hydrogens (tertiary/aromatic N) is 1. The first-order valence-electron chi connectivity index (χ1n) is 11.2. The molecule has 1 amide bonds. The summed E-state index contributed by atoms with van der Waals surface area (Å²) in [6, 6.07) is 4.22. The fourth-order valence-electron chi connectivity index (χ4n) is 6.68. The Bertz CT molecular complexity index is 891. The monoisotopic (exact) mass is 412 g/mol. The third kappa shape index (κ3) is 2.53. The van der Waals surface area contributed by atoms with Crippen LogP contribution in [0, 0.1) is 11.8 Å². The third-order valence-electron chi connectivity index (χ3n) is 8.10. The first kappa shape index (κ1) is 19.9. The van der Waals surface area contributed by atoms with Crippen LogP contribution in [-0.4, -0.2) is 45.4 Å². The SMILES string of the molecule is CCC1C(CN)=CCO[C@H]2CC(=O)N3c4cc(OC)c(OC)cc4C4(CCC4)[C@H]3C12. The minimum atomic E-state index is -0.0559. The minimum Gasteiger partial charge on any atom is -0.493 e. The molecule has 1 spiro atoms. The highest BCUT2D eigenvalue weighted by molar-refractivity contribution is 5.99. The number of anilines is 1. The summed E-state index contributed by atoms with van der Waals surface area (Å²) in [5, 5.41) is 0. The van der Waals surface area contributed by atoms with Gasteiger partial charge in [0.15, 0.2) is 11.5 Å². The van der Waals surface area contributed by atoms with Crippen LogP contribution in [0.3, 0.4) is 0 Å². The van der Waals surface area contributed by atoms with Gasteiger partial charge in [-0.3, -0.25) is 4.79 Å². The van der Waals surface area contributed by atoms with Gasteiger partial charge in [-0.05, 0) is 36.8 Å². The van der Waals surface area contributed by atoms with Crippen LogP contribution in [0.15, 0.2) is 23.8 Å². The summed E-state index contributed by atoms with van der Waals surface area (Å²) in [7, 11) is 3.32. The maximum atomic E-state index is 13.5. The number of nitrogens with two attached hydrogens (primary N) is 1. The smallest absolute Gasteiger partial charge is 0.229 e. The Hall–Kier alpha value is -2.05. The summed E-state index contributed by atoms with van der Waals surface area (Å²) in [6.07, 6.45) is 6.89. The van der Waals surface area contributed by atoms with Crippen LogP contribution in [-0.2, 0) is 14.9 Å². The maximum Gasteiger partial charge on any atom is 0.229 e. The largest absolute Gasteiger partial charge is 0.493 e. The van der Waals surface area contributed by atoms with E-state index in [1.54, 1.807) is 14.2 Å². The van der Waals surface area contributed by atoms with Crippen LogP contribution >= 0.6 is 0 Å². The van der Waals surface area contributed by atoms with Crippen molar-refractivity contribution >= 4 is 11.6 Å². The Labute approximate surface area is 178 Å². The van der Waals surface area contributed by atoms with Gasteiger partial charge in [-0.1, -0.05) is 25.0 Å². The van der Waals surface area contributed by atoms with Gasteiger partial charge in [-0.25, -0.2) is 0 Å². The lowest BCUT2D eigenvalue weighted by molar-refractivity contribution is -0.130. The first-order chi connectivity index (χ1) is 14.6. The van der Waals surface area contributed by atoms with Crippen molar-refractivity contribution in [3.63, 3.8) is 0 Å². The molecule has 162 valence electrons. The predicted molar refractivity (Wildman–Crippen MR) is 115 cm³/mol. The molecular weight excluding hydrogens is 380 g/mol. The number of fused-ring (bicyclic) bond motifs is 7. The number of hydrogen-bond donors (Lipinski definition) is 1. The van der Waals surface area contributed by atoms with Gasteiger partial charge >= 0.3 is 0 Å². The molecular formula is C24H32N2O4. The van der Waals surface area contributed by atoms with E-state index < -0.39 is 0 Å². The summed E-state index contributed by atoms with van der Waals surface area (Å²) < 4.78 is 17.5. The van der Waals surface area contributed by atoms with Crippen molar-refractivity contribution in [2.24, 2.45) is 17.6 Å². The highest BCUT2D eigenvalue weighted by Crippen LogP contribution is 2.63. The van der Waals surface area contributed by atoms with Crippen molar-refractivity contribution in [3.05, 3.63) is 29.3 Å². The van der Waals surface area contributed by atoms with Crippen LogP contribution in [0.1, 0.15) is 44.6 Å². The van der Waals surface area contributed by atoms with Crippen molar-refractivity contribution in [2.75, 3.05) is 32.3 Å². The van der Waals surface area contributed by atoms with Gasteiger partial charge in [0.2, 0.25) is 5.91 Å². The fraction of sp³-hybridized carbons (Fsp3) is 0.625. The average Bonchev–Trinajstić information content (AvgIpc) is 2.92. The molecule has 4 aliphatic rings. The van der Waals surface area contributed by atoms with Crippen molar-refractivity contribution in [2.45, 2.75) is 56.6 Å². The molecule has 0 radical (unpaired) electrons. The van der Waals surface area contributed by atoms with E-state index in [0.717, 1.165) is 30.7 Å². The van der Waals surface area contributed by atoms with Crippen LogP contribution in [0.25, 0.3) is 0 Å². The van der Waals surface area contributed by atoms with Crippen LogP contribution in [0.2, 0.25) is 0 Å². The van der Waals surface area contributed by atoms with E-state index in [1.165, 1.54) is 17.6 Å². The summed E-state index contributed by atoms with van der Waals surface area (Å²) in [6.45, 7) is 3.33. The quantitative estimate of drug-likeness (QED) is 0.769. The summed E-state index contributed by atoms with van der Waals surface area (Å²) in [5.41, 5.74) is 9.64. The Morgan fingerprint density at radius 2 is 1.97 bits per heavy atom. The number of carbonyl (C=O) groups excluding carboxylic acids is 1. The van der Waals surface area contributed by atoms with Gasteiger partial charge in [-0.2, -0.15) is 0 Å². The lowest BCUT2D eigenvalue weighted by Gasteiger charge is -2.54. The predicted octanol–water partition coefficient (Wildman–Crippen LogP) is 3.17. The Morgan fingerprint density at radius 3 is 2.57 bits per heavy atom. The molecule has 3 heterocycles. The molecule has 1 saturated carbocycles. The van der Waals surface area contributed by atoms with Gasteiger partial charge in [0.05, 0.1) is 45.1 Å². The highest BCUT2D eigenvalue weighted by Gasteiger charge is 2.63. The molecule has 4 atom stereocenters. The summed E-state index contributed by atoms with van der Waals surface area (Å²) in [4.78, 5) is 15.6. The van der Waals surface area contributed by atoms with Gasteiger partial charge < -0.3 is 24.8 Å². The van der Waals surface area contributed by atoms with Gasteiger partial charge in [0.25, 0.3) is 0 Å². The van der Waals surface area contributed by atoms with Crippen molar-refractivity contribution in [1.29, 1.82) is 0 Å². The molecule has 2 unspecified atom stereocenters. The maximum absolute atomic E-state index is 13.5. The number of carbonyl (C=O) groups is 1. The second-order valence-electron chi connectivity index (χ2n) is 9.09. The van der Waals surface area contributed by atoms with E-state index in [-0.39, 0.29) is 29.4 Å². The Balaban J connectivity index is 1.69. The number of benzene rings is 1. The third-order valence-corrected chi connectivity index (χ3v) is 8.10. The standard InChI is InChI=1S/C24H32N2O4/c1-4-15-14(13-25)6-9-30-20-12-21(27)26-17-11-19(29-3)18(28-2)10-16(17)24(7-5-8-24)23(26)22(15)20/h6,10-11,15,20,22-23H,4-5,7-9,12-13,25H2,1-3H3/t15?,20-,22?,23+/m0/s1. The average molecular weight is 413 g/mol. The topological polar surface area (TPSA) is 74.0 Å². The fourth-order valence-corrected chi connectivity index (χ4v) is 6.68. The zero-order chi connectivity index (χ0) is 21.0. The normalized spacial score (nSPS) is 31.3. The first-order valence-corrected chi connectivity index (χ1v) is 11.2. The molecule has 3 aliphatic heterocycles. The second kappa shape index (κ2) is 7.27. The van der Waals surface area contributed by atoms with Crippen molar-refractivity contribution in [3.8, 4) is 11.5 Å². The molecule has 30 heavy (non-hydrogen) atoms. The molecule has 5 rings (SSSR count).